The van der Waals surface area contributed by atoms with E-state index in [0.29, 0.717) is 6.54 Å². The molecule has 1 aromatic heterocycles. The van der Waals surface area contributed by atoms with Crippen molar-refractivity contribution in [1.82, 2.24) is 15.2 Å². The number of carbonyl (C=O) groups is 1. The van der Waals surface area contributed by atoms with Crippen LogP contribution in [0.25, 0.3) is 10.9 Å². The van der Waals surface area contributed by atoms with E-state index in [1.54, 1.807) is 4.90 Å². The van der Waals surface area contributed by atoms with Crippen LogP contribution in [0.2, 0.25) is 0 Å². The number of fused-ring (bicyclic) bond motifs is 1. The Morgan fingerprint density at radius 1 is 1.42 bits per heavy atom. The maximum atomic E-state index is 11.9. The van der Waals surface area contributed by atoms with Crippen molar-refractivity contribution in [3.63, 3.8) is 0 Å². The van der Waals surface area contributed by atoms with Gasteiger partial charge in [0.1, 0.15) is 0 Å². The highest BCUT2D eigenvalue weighted by molar-refractivity contribution is 5.81. The van der Waals surface area contributed by atoms with E-state index in [0.717, 1.165) is 12.1 Å². The molecule has 1 unspecified atom stereocenters. The number of carbonyl (C=O) groups excluding carboxylic acids is 1. The van der Waals surface area contributed by atoms with E-state index in [1.165, 1.54) is 10.9 Å². The first-order chi connectivity index (χ1) is 9.11. The number of rotatable bonds is 5. The minimum absolute atomic E-state index is 0.130. The summed E-state index contributed by atoms with van der Waals surface area (Å²) in [5.74, 6) is 0.130. The molecule has 102 valence electrons. The average molecular weight is 259 g/mol. The van der Waals surface area contributed by atoms with Crippen LogP contribution in [0.5, 0.6) is 0 Å². The Morgan fingerprint density at radius 3 is 2.95 bits per heavy atom. The molecule has 0 aliphatic rings. The summed E-state index contributed by atoms with van der Waals surface area (Å²) >= 11 is 0. The van der Waals surface area contributed by atoms with Gasteiger partial charge in [-0.25, -0.2) is 0 Å². The van der Waals surface area contributed by atoms with Crippen molar-refractivity contribution >= 4 is 16.8 Å². The molecular weight excluding hydrogens is 238 g/mol. The second-order valence-electron chi connectivity index (χ2n) is 4.85. The van der Waals surface area contributed by atoms with Crippen LogP contribution in [0.15, 0.2) is 30.5 Å². The third-order valence-corrected chi connectivity index (χ3v) is 3.45. The summed E-state index contributed by atoms with van der Waals surface area (Å²) in [7, 11) is 1.83. The van der Waals surface area contributed by atoms with Crippen LogP contribution in [-0.4, -0.2) is 35.4 Å². The van der Waals surface area contributed by atoms with E-state index in [-0.39, 0.29) is 11.9 Å². The highest BCUT2D eigenvalue weighted by atomic mass is 16.2. The number of amides is 1. The summed E-state index contributed by atoms with van der Waals surface area (Å²) < 4.78 is 0. The Hall–Kier alpha value is -1.81. The van der Waals surface area contributed by atoms with Crippen LogP contribution in [0, 0.1) is 0 Å². The molecule has 1 amide bonds. The van der Waals surface area contributed by atoms with Crippen molar-refractivity contribution < 1.29 is 4.79 Å². The summed E-state index contributed by atoms with van der Waals surface area (Å²) in [6, 6.07) is 8.17. The van der Waals surface area contributed by atoms with Crippen molar-refractivity contribution in [2.45, 2.75) is 26.4 Å². The average Bonchev–Trinajstić information content (AvgIpc) is 2.90. The van der Waals surface area contributed by atoms with E-state index in [2.05, 4.69) is 34.6 Å². The lowest BCUT2D eigenvalue weighted by molar-refractivity contribution is -0.131. The number of benzene rings is 1. The quantitative estimate of drug-likeness (QED) is 0.864. The standard InChI is InChI=1S/C15H21N3O/c1-4-18(3)15(19)11(2)17-10-12-5-6-14-13(9-12)7-8-16-14/h5-9,11,16-17H,4,10H2,1-3H3. The van der Waals surface area contributed by atoms with Gasteiger partial charge in [-0.2, -0.15) is 0 Å². The van der Waals surface area contributed by atoms with E-state index in [9.17, 15) is 4.79 Å². The predicted molar refractivity (Wildman–Crippen MR) is 77.9 cm³/mol. The van der Waals surface area contributed by atoms with E-state index < -0.39 is 0 Å². The van der Waals surface area contributed by atoms with E-state index >= 15 is 0 Å². The van der Waals surface area contributed by atoms with Crippen molar-refractivity contribution in [2.75, 3.05) is 13.6 Å². The fourth-order valence-electron chi connectivity index (χ4n) is 2.06. The van der Waals surface area contributed by atoms with Gasteiger partial charge in [-0.1, -0.05) is 6.07 Å². The topological polar surface area (TPSA) is 48.1 Å². The molecule has 2 N–H and O–H groups in total. The minimum Gasteiger partial charge on any atom is -0.361 e. The van der Waals surface area contributed by atoms with Crippen molar-refractivity contribution in [1.29, 1.82) is 0 Å². The molecule has 4 nitrogen and oxygen atoms in total. The predicted octanol–water partition coefficient (Wildman–Crippen LogP) is 2.12. The zero-order chi connectivity index (χ0) is 13.8. The highest BCUT2D eigenvalue weighted by Crippen LogP contribution is 2.14. The molecule has 0 radical (unpaired) electrons. The molecule has 1 atom stereocenters. The zero-order valence-corrected chi connectivity index (χ0v) is 11.7. The van der Waals surface area contributed by atoms with Gasteiger partial charge in [0.25, 0.3) is 0 Å². The van der Waals surface area contributed by atoms with Gasteiger partial charge in [0, 0.05) is 31.9 Å². The lowest BCUT2D eigenvalue weighted by Crippen LogP contribution is -2.42. The summed E-state index contributed by atoms with van der Waals surface area (Å²) in [6.45, 7) is 5.32. The van der Waals surface area contributed by atoms with Gasteiger partial charge in [-0.3, -0.25) is 4.79 Å². The van der Waals surface area contributed by atoms with E-state index in [4.69, 9.17) is 0 Å². The molecular formula is C15H21N3O. The number of hydrogen-bond acceptors (Lipinski definition) is 2. The molecule has 1 heterocycles. The van der Waals surface area contributed by atoms with E-state index in [1.807, 2.05) is 27.1 Å². The van der Waals surface area contributed by atoms with Gasteiger partial charge in [0.15, 0.2) is 0 Å². The van der Waals surface area contributed by atoms with Gasteiger partial charge in [0.05, 0.1) is 6.04 Å². The summed E-state index contributed by atoms with van der Waals surface area (Å²) in [5.41, 5.74) is 2.32. The number of hydrogen-bond donors (Lipinski definition) is 2. The van der Waals surface area contributed by atoms with Crippen LogP contribution in [0.1, 0.15) is 19.4 Å². The molecule has 2 aromatic rings. The maximum Gasteiger partial charge on any atom is 0.239 e. The number of nitrogens with one attached hydrogen (secondary N) is 2. The largest absolute Gasteiger partial charge is 0.361 e. The molecule has 2 rings (SSSR count). The molecule has 0 spiro atoms. The molecule has 0 saturated carbocycles. The number of H-pyrrole nitrogens is 1. The Balaban J connectivity index is 1.96. The van der Waals surface area contributed by atoms with Crippen LogP contribution < -0.4 is 5.32 Å². The van der Waals surface area contributed by atoms with Crippen molar-refractivity contribution in [3.8, 4) is 0 Å². The van der Waals surface area contributed by atoms with Crippen LogP contribution in [0.4, 0.5) is 0 Å². The summed E-state index contributed by atoms with van der Waals surface area (Å²) in [5, 5.41) is 4.47. The first-order valence-corrected chi connectivity index (χ1v) is 6.66. The van der Waals surface area contributed by atoms with Gasteiger partial charge in [-0.15, -0.1) is 0 Å². The fraction of sp³-hybridized carbons (Fsp3) is 0.400. The molecule has 1 aromatic carbocycles. The monoisotopic (exact) mass is 259 g/mol. The number of aromatic amines is 1. The smallest absolute Gasteiger partial charge is 0.239 e. The van der Waals surface area contributed by atoms with Gasteiger partial charge in [-0.05, 0) is 43.0 Å². The number of nitrogens with zero attached hydrogens (tertiary/aromatic N) is 1. The second-order valence-corrected chi connectivity index (χ2v) is 4.85. The maximum absolute atomic E-state index is 11.9. The molecule has 0 aliphatic carbocycles. The molecule has 0 bridgehead atoms. The molecule has 0 saturated heterocycles. The Kier molecular flexibility index (Phi) is 4.22. The molecule has 19 heavy (non-hydrogen) atoms. The first-order valence-electron chi connectivity index (χ1n) is 6.66. The Bertz CT molecular complexity index is 561. The van der Waals surface area contributed by atoms with Crippen LogP contribution in [-0.2, 0) is 11.3 Å². The third-order valence-electron chi connectivity index (χ3n) is 3.45. The molecule has 4 heteroatoms. The SMILES string of the molecule is CCN(C)C(=O)C(C)NCc1ccc2[nH]ccc2c1. The van der Waals surface area contributed by atoms with Gasteiger partial charge in [0.2, 0.25) is 5.91 Å². The fourth-order valence-corrected chi connectivity index (χ4v) is 2.06. The normalized spacial score (nSPS) is 12.6. The Morgan fingerprint density at radius 2 is 2.21 bits per heavy atom. The van der Waals surface area contributed by atoms with Crippen molar-refractivity contribution in [2.24, 2.45) is 0 Å². The van der Waals surface area contributed by atoms with Crippen LogP contribution >= 0.6 is 0 Å². The van der Waals surface area contributed by atoms with Gasteiger partial charge < -0.3 is 15.2 Å². The summed E-state index contributed by atoms with van der Waals surface area (Å²) in [6.07, 6.45) is 1.93. The number of likely N-dealkylation sites (N-methyl/N-ethyl adjacent to an activating group) is 1. The van der Waals surface area contributed by atoms with Crippen molar-refractivity contribution in [3.05, 3.63) is 36.0 Å². The van der Waals surface area contributed by atoms with Gasteiger partial charge >= 0.3 is 0 Å². The number of aromatic nitrogens is 1. The highest BCUT2D eigenvalue weighted by Gasteiger charge is 2.15. The lowest BCUT2D eigenvalue weighted by Gasteiger charge is -2.20. The molecule has 0 fully saturated rings. The summed E-state index contributed by atoms with van der Waals surface area (Å²) in [4.78, 5) is 16.8. The lowest BCUT2D eigenvalue weighted by atomic mass is 10.1. The second kappa shape index (κ2) is 5.89. The zero-order valence-electron chi connectivity index (χ0n) is 11.7. The Labute approximate surface area is 113 Å². The first kappa shape index (κ1) is 13.6. The minimum atomic E-state index is -0.160. The molecule has 0 aliphatic heterocycles. The third kappa shape index (κ3) is 3.15. The van der Waals surface area contributed by atoms with Crippen LogP contribution in [0.3, 0.4) is 0 Å².